The molecule has 1 fully saturated rings. The van der Waals surface area contributed by atoms with E-state index in [-0.39, 0.29) is 0 Å². The van der Waals surface area contributed by atoms with Crippen LogP contribution in [0.1, 0.15) is 11.6 Å². The van der Waals surface area contributed by atoms with E-state index in [0.29, 0.717) is 6.04 Å². The molecule has 0 amide bonds. The Morgan fingerprint density at radius 2 is 1.80 bits per heavy atom. The number of hydrogen-bond acceptors (Lipinski definition) is 3. The number of nitrogens with zero attached hydrogens (tertiary/aromatic N) is 1. The summed E-state index contributed by atoms with van der Waals surface area (Å²) >= 11 is 0. The van der Waals surface area contributed by atoms with Gasteiger partial charge in [0, 0.05) is 26.2 Å². The zero-order chi connectivity index (χ0) is 14.6. The molecule has 0 aliphatic carbocycles. The minimum Gasteiger partial charge on any atom is -0.544 e. The molecule has 1 N–H and O–H groups in total. The molecule has 1 aliphatic heterocycles. The molecule has 4 heteroatoms. The lowest BCUT2D eigenvalue weighted by molar-refractivity contribution is 0.203. The quantitative estimate of drug-likeness (QED) is 0.666. The molecule has 1 aromatic carbocycles. The van der Waals surface area contributed by atoms with E-state index in [4.69, 9.17) is 4.43 Å². The highest BCUT2D eigenvalue weighted by molar-refractivity contribution is 6.70. The van der Waals surface area contributed by atoms with E-state index < -0.39 is 8.32 Å². The van der Waals surface area contributed by atoms with Crippen LogP contribution >= 0.6 is 0 Å². The first-order valence-electron chi connectivity index (χ1n) is 7.36. The molecular formula is C16H26N2OSi. The largest absolute Gasteiger partial charge is 0.544 e. The number of hydrogen-bond donors (Lipinski definition) is 1. The van der Waals surface area contributed by atoms with Gasteiger partial charge in [0.15, 0.2) is 0 Å². The van der Waals surface area contributed by atoms with Crippen LogP contribution in [0.2, 0.25) is 19.6 Å². The van der Waals surface area contributed by atoms with E-state index in [1.807, 2.05) is 6.08 Å². The van der Waals surface area contributed by atoms with E-state index in [0.717, 1.165) is 31.9 Å². The van der Waals surface area contributed by atoms with Gasteiger partial charge in [-0.3, -0.25) is 4.90 Å². The van der Waals surface area contributed by atoms with Gasteiger partial charge >= 0.3 is 0 Å². The van der Waals surface area contributed by atoms with Crippen molar-refractivity contribution in [1.82, 2.24) is 10.2 Å². The van der Waals surface area contributed by atoms with Crippen molar-refractivity contribution in [2.45, 2.75) is 25.7 Å². The number of nitrogens with one attached hydrogen (secondary N) is 1. The minimum atomic E-state index is -1.52. The van der Waals surface area contributed by atoms with Crippen molar-refractivity contribution in [3.63, 3.8) is 0 Å². The molecule has 1 saturated heterocycles. The zero-order valence-corrected chi connectivity index (χ0v) is 13.9. The van der Waals surface area contributed by atoms with Gasteiger partial charge in [0.1, 0.15) is 5.75 Å². The average molecular weight is 290 g/mol. The molecule has 0 bridgehead atoms. The van der Waals surface area contributed by atoms with Crippen LogP contribution in [0.4, 0.5) is 0 Å². The predicted molar refractivity (Wildman–Crippen MR) is 87.8 cm³/mol. The topological polar surface area (TPSA) is 24.5 Å². The van der Waals surface area contributed by atoms with Crippen molar-refractivity contribution in [3.8, 4) is 5.75 Å². The van der Waals surface area contributed by atoms with Gasteiger partial charge in [0.05, 0.1) is 6.04 Å². The Hall–Kier alpha value is -1.10. The maximum absolute atomic E-state index is 6.00. The van der Waals surface area contributed by atoms with Gasteiger partial charge in [0.2, 0.25) is 8.32 Å². The Morgan fingerprint density at radius 1 is 1.20 bits per heavy atom. The first-order valence-corrected chi connectivity index (χ1v) is 10.8. The van der Waals surface area contributed by atoms with E-state index >= 15 is 0 Å². The molecule has 0 spiro atoms. The molecule has 2 rings (SSSR count). The van der Waals surface area contributed by atoms with Gasteiger partial charge in [-0.25, -0.2) is 0 Å². The average Bonchev–Trinajstić information content (AvgIpc) is 2.41. The summed E-state index contributed by atoms with van der Waals surface area (Å²) < 4.78 is 6.00. The molecule has 3 nitrogen and oxygen atoms in total. The second-order valence-electron chi connectivity index (χ2n) is 6.25. The molecule has 1 aliphatic rings. The third-order valence-corrected chi connectivity index (χ3v) is 4.26. The Balaban J connectivity index is 2.08. The molecular weight excluding hydrogens is 264 g/mol. The number of benzene rings is 1. The summed E-state index contributed by atoms with van der Waals surface area (Å²) in [5.74, 6) is 0.982. The summed E-state index contributed by atoms with van der Waals surface area (Å²) in [7, 11) is -1.52. The highest BCUT2D eigenvalue weighted by atomic mass is 28.4. The summed E-state index contributed by atoms with van der Waals surface area (Å²) in [4.78, 5) is 2.47. The van der Waals surface area contributed by atoms with Crippen LogP contribution in [0.25, 0.3) is 0 Å². The smallest absolute Gasteiger partial charge is 0.242 e. The Labute approximate surface area is 123 Å². The maximum Gasteiger partial charge on any atom is 0.242 e. The lowest BCUT2D eigenvalue weighted by atomic mass is 10.0. The standard InChI is InChI=1S/C16H26N2OSi/c1-5-16(18-12-10-17-11-13-18)14-6-8-15(9-7-14)19-20(2,3)4/h5-9,16-17H,1,10-13H2,2-4H3/t16-/m0/s1. The van der Waals surface area contributed by atoms with Crippen LogP contribution in [0.5, 0.6) is 5.75 Å². The summed E-state index contributed by atoms with van der Waals surface area (Å²) in [5, 5.41) is 3.39. The molecule has 0 saturated carbocycles. The Bertz CT molecular complexity index is 433. The lowest BCUT2D eigenvalue weighted by Gasteiger charge is -2.33. The van der Waals surface area contributed by atoms with Gasteiger partial charge in [-0.15, -0.1) is 6.58 Å². The van der Waals surface area contributed by atoms with Crippen LogP contribution in [0.15, 0.2) is 36.9 Å². The molecule has 1 heterocycles. The van der Waals surface area contributed by atoms with E-state index in [2.05, 4.69) is 60.7 Å². The summed E-state index contributed by atoms with van der Waals surface area (Å²) in [6.07, 6.45) is 2.04. The van der Waals surface area contributed by atoms with Gasteiger partial charge < -0.3 is 9.74 Å². The molecule has 110 valence electrons. The second kappa shape index (κ2) is 6.57. The molecule has 0 aromatic heterocycles. The van der Waals surface area contributed by atoms with E-state index in [9.17, 15) is 0 Å². The van der Waals surface area contributed by atoms with Crippen LogP contribution in [0, 0.1) is 0 Å². The Morgan fingerprint density at radius 3 is 2.30 bits per heavy atom. The Kier molecular flexibility index (Phi) is 5.02. The SMILES string of the molecule is C=C[C@@H](c1ccc(O[Si](C)(C)C)cc1)N1CCNCC1. The fraction of sp³-hybridized carbons (Fsp3) is 0.500. The number of piperazine rings is 1. The van der Waals surface area contributed by atoms with Crippen molar-refractivity contribution >= 4 is 8.32 Å². The van der Waals surface area contributed by atoms with Crippen molar-refractivity contribution in [1.29, 1.82) is 0 Å². The van der Waals surface area contributed by atoms with Gasteiger partial charge in [-0.05, 0) is 37.3 Å². The normalized spacial score (nSPS) is 18.6. The van der Waals surface area contributed by atoms with Crippen molar-refractivity contribution in [2.75, 3.05) is 26.2 Å². The highest BCUT2D eigenvalue weighted by Crippen LogP contribution is 2.25. The summed E-state index contributed by atoms with van der Waals surface area (Å²) in [5.41, 5.74) is 1.30. The van der Waals surface area contributed by atoms with E-state index in [1.54, 1.807) is 0 Å². The van der Waals surface area contributed by atoms with Crippen LogP contribution in [-0.4, -0.2) is 39.4 Å². The highest BCUT2D eigenvalue weighted by Gasteiger charge is 2.20. The first-order chi connectivity index (χ1) is 9.49. The third kappa shape index (κ3) is 4.20. The van der Waals surface area contributed by atoms with Crippen LogP contribution in [-0.2, 0) is 0 Å². The number of rotatable bonds is 5. The predicted octanol–water partition coefficient (Wildman–Crippen LogP) is 3.03. The molecule has 1 atom stereocenters. The molecule has 20 heavy (non-hydrogen) atoms. The molecule has 1 aromatic rings. The fourth-order valence-corrected chi connectivity index (χ4v) is 3.39. The van der Waals surface area contributed by atoms with Gasteiger partial charge in [-0.1, -0.05) is 18.2 Å². The second-order valence-corrected chi connectivity index (χ2v) is 10.7. The first kappa shape index (κ1) is 15.3. The minimum absolute atomic E-state index is 0.304. The van der Waals surface area contributed by atoms with Crippen LogP contribution < -0.4 is 9.74 Å². The maximum atomic E-state index is 6.00. The van der Waals surface area contributed by atoms with Gasteiger partial charge in [-0.2, -0.15) is 0 Å². The van der Waals surface area contributed by atoms with Crippen molar-refractivity contribution in [2.24, 2.45) is 0 Å². The zero-order valence-electron chi connectivity index (χ0n) is 12.9. The van der Waals surface area contributed by atoms with Crippen molar-refractivity contribution in [3.05, 3.63) is 42.5 Å². The van der Waals surface area contributed by atoms with E-state index in [1.165, 1.54) is 5.56 Å². The third-order valence-electron chi connectivity index (χ3n) is 3.41. The van der Waals surface area contributed by atoms with Crippen LogP contribution in [0.3, 0.4) is 0 Å². The lowest BCUT2D eigenvalue weighted by Crippen LogP contribution is -2.44. The summed E-state index contributed by atoms with van der Waals surface area (Å²) in [6.45, 7) is 14.9. The molecule has 0 radical (unpaired) electrons. The van der Waals surface area contributed by atoms with Gasteiger partial charge in [0.25, 0.3) is 0 Å². The summed E-state index contributed by atoms with van der Waals surface area (Å²) in [6, 6.07) is 8.82. The monoisotopic (exact) mass is 290 g/mol. The fourth-order valence-electron chi connectivity index (χ4n) is 2.54. The molecule has 0 unspecified atom stereocenters. The van der Waals surface area contributed by atoms with Crippen molar-refractivity contribution < 1.29 is 4.43 Å².